The fraction of sp³-hybridized carbons (Fsp3) is 0.500. The van der Waals surface area contributed by atoms with Gasteiger partial charge in [-0.15, -0.1) is 0 Å². The highest BCUT2D eigenvalue weighted by atomic mass is 16.5. The number of para-hydroxylation sites is 1. The van der Waals surface area contributed by atoms with Crippen molar-refractivity contribution in [2.45, 2.75) is 32.5 Å². The van der Waals surface area contributed by atoms with Crippen molar-refractivity contribution >= 4 is 5.91 Å². The van der Waals surface area contributed by atoms with Gasteiger partial charge in [-0.1, -0.05) is 25.1 Å². The zero-order valence-electron chi connectivity index (χ0n) is 11.1. The van der Waals surface area contributed by atoms with Gasteiger partial charge in [0.25, 0.3) is 0 Å². The molecule has 1 amide bonds. The summed E-state index contributed by atoms with van der Waals surface area (Å²) < 4.78 is 5.38. The molecule has 2 rings (SSSR count). The number of methoxy groups -OCH3 is 1. The van der Waals surface area contributed by atoms with E-state index in [0.29, 0.717) is 6.54 Å². The van der Waals surface area contributed by atoms with E-state index < -0.39 is 0 Å². The number of hydrogen-bond donors (Lipinski definition) is 1. The molecule has 0 radical (unpaired) electrons. The fourth-order valence-electron chi connectivity index (χ4n) is 2.46. The molecule has 1 heterocycles. The van der Waals surface area contributed by atoms with Gasteiger partial charge in [0, 0.05) is 12.1 Å². The molecule has 0 saturated carbocycles. The van der Waals surface area contributed by atoms with Gasteiger partial charge in [0.2, 0.25) is 5.91 Å². The summed E-state index contributed by atoms with van der Waals surface area (Å²) in [5.41, 5.74) is 1.02. The number of likely N-dealkylation sites (N-methyl/N-ethyl adjacent to an activating group) is 1. The molecule has 18 heavy (non-hydrogen) atoms. The highest BCUT2D eigenvalue weighted by Gasteiger charge is 2.38. The first-order valence-corrected chi connectivity index (χ1v) is 6.42. The van der Waals surface area contributed by atoms with Crippen LogP contribution in [0.2, 0.25) is 0 Å². The highest BCUT2D eigenvalue weighted by Crippen LogP contribution is 2.31. The van der Waals surface area contributed by atoms with Crippen molar-refractivity contribution in [3.63, 3.8) is 0 Å². The predicted octanol–water partition coefficient (Wildman–Crippen LogP) is 1.92. The van der Waals surface area contributed by atoms with Crippen LogP contribution in [0.15, 0.2) is 24.3 Å². The van der Waals surface area contributed by atoms with Crippen LogP contribution in [0, 0.1) is 0 Å². The summed E-state index contributed by atoms with van der Waals surface area (Å²) in [5, 5.41) is 3.38. The molecule has 0 aliphatic carbocycles. The van der Waals surface area contributed by atoms with Crippen molar-refractivity contribution in [3.8, 4) is 5.75 Å². The minimum absolute atomic E-state index is 0.0800. The molecule has 98 valence electrons. The van der Waals surface area contributed by atoms with Gasteiger partial charge in [-0.3, -0.25) is 10.1 Å². The van der Waals surface area contributed by atoms with Gasteiger partial charge >= 0.3 is 0 Å². The average molecular weight is 248 g/mol. The number of hydrogen-bond acceptors (Lipinski definition) is 3. The molecule has 0 bridgehead atoms. The number of amides is 1. The molecule has 1 N–H and O–H groups in total. The zero-order chi connectivity index (χ0) is 13.1. The maximum atomic E-state index is 12.2. The molecular formula is C14H20N2O2. The molecule has 1 aromatic rings. The van der Waals surface area contributed by atoms with Gasteiger partial charge in [0.15, 0.2) is 0 Å². The Hall–Kier alpha value is -1.55. The number of benzene rings is 1. The lowest BCUT2D eigenvalue weighted by molar-refractivity contribution is -0.129. The van der Waals surface area contributed by atoms with Crippen molar-refractivity contribution in [3.05, 3.63) is 29.8 Å². The quantitative estimate of drug-likeness (QED) is 0.885. The number of carbonyl (C=O) groups excluding carboxylic acids is 1. The Balaban J connectivity index is 2.34. The Kier molecular flexibility index (Phi) is 3.87. The van der Waals surface area contributed by atoms with E-state index in [9.17, 15) is 4.79 Å². The SMILES string of the molecule is CCC1NC(c2ccccc2OC)N(CC)C1=O. The van der Waals surface area contributed by atoms with Crippen LogP contribution >= 0.6 is 0 Å². The van der Waals surface area contributed by atoms with E-state index in [-0.39, 0.29) is 18.1 Å². The molecule has 0 spiro atoms. The van der Waals surface area contributed by atoms with Crippen LogP contribution in [0.5, 0.6) is 5.75 Å². The number of ether oxygens (including phenoxy) is 1. The second-order valence-corrected chi connectivity index (χ2v) is 4.40. The normalized spacial score (nSPS) is 23.5. The van der Waals surface area contributed by atoms with Gasteiger partial charge < -0.3 is 9.64 Å². The standard InChI is InChI=1S/C14H20N2O2/c1-4-11-14(17)16(5-2)13(15-11)10-8-6-7-9-12(10)18-3/h6-9,11,13,15H,4-5H2,1-3H3. The van der Waals surface area contributed by atoms with E-state index in [0.717, 1.165) is 17.7 Å². The lowest BCUT2D eigenvalue weighted by atomic mass is 10.1. The Bertz CT molecular complexity index is 434. The molecule has 1 aromatic carbocycles. The molecule has 4 nitrogen and oxygen atoms in total. The molecule has 1 saturated heterocycles. The van der Waals surface area contributed by atoms with E-state index in [1.807, 2.05) is 43.0 Å². The van der Waals surface area contributed by atoms with Crippen LogP contribution in [-0.4, -0.2) is 30.5 Å². The van der Waals surface area contributed by atoms with Gasteiger partial charge in [-0.25, -0.2) is 0 Å². The van der Waals surface area contributed by atoms with Gasteiger partial charge in [0.05, 0.1) is 13.2 Å². The van der Waals surface area contributed by atoms with Crippen molar-refractivity contribution in [1.82, 2.24) is 10.2 Å². The van der Waals surface area contributed by atoms with Crippen LogP contribution < -0.4 is 10.1 Å². The van der Waals surface area contributed by atoms with E-state index >= 15 is 0 Å². The van der Waals surface area contributed by atoms with Crippen molar-refractivity contribution in [2.75, 3.05) is 13.7 Å². The maximum Gasteiger partial charge on any atom is 0.241 e. The zero-order valence-corrected chi connectivity index (χ0v) is 11.1. The smallest absolute Gasteiger partial charge is 0.241 e. The van der Waals surface area contributed by atoms with E-state index in [4.69, 9.17) is 4.74 Å². The third-order valence-electron chi connectivity index (χ3n) is 3.43. The summed E-state index contributed by atoms with van der Waals surface area (Å²) in [7, 11) is 1.66. The minimum atomic E-state index is -0.0835. The number of carbonyl (C=O) groups is 1. The molecule has 0 aromatic heterocycles. The first kappa shape index (κ1) is 12.9. The molecule has 4 heteroatoms. The van der Waals surface area contributed by atoms with E-state index in [1.165, 1.54) is 0 Å². The Morgan fingerprint density at radius 1 is 1.33 bits per heavy atom. The molecule has 1 aliphatic rings. The molecule has 2 atom stereocenters. The van der Waals surface area contributed by atoms with Crippen molar-refractivity contribution in [2.24, 2.45) is 0 Å². The third kappa shape index (κ3) is 2.08. The Labute approximate surface area is 108 Å². The molecule has 2 unspecified atom stereocenters. The summed E-state index contributed by atoms with van der Waals surface area (Å²) in [6.45, 7) is 4.72. The van der Waals surface area contributed by atoms with Crippen LogP contribution in [0.25, 0.3) is 0 Å². The van der Waals surface area contributed by atoms with Crippen LogP contribution in [-0.2, 0) is 4.79 Å². The van der Waals surface area contributed by atoms with Crippen molar-refractivity contribution in [1.29, 1.82) is 0 Å². The Morgan fingerprint density at radius 3 is 2.67 bits per heavy atom. The first-order chi connectivity index (χ1) is 8.72. The molecule has 1 fully saturated rings. The largest absolute Gasteiger partial charge is 0.496 e. The number of rotatable bonds is 4. The van der Waals surface area contributed by atoms with Crippen LogP contribution in [0.4, 0.5) is 0 Å². The summed E-state index contributed by atoms with van der Waals surface area (Å²) in [6.07, 6.45) is 0.727. The topological polar surface area (TPSA) is 41.6 Å². The van der Waals surface area contributed by atoms with Gasteiger partial charge in [0.1, 0.15) is 11.9 Å². The van der Waals surface area contributed by atoms with Crippen LogP contribution in [0.3, 0.4) is 0 Å². The highest BCUT2D eigenvalue weighted by molar-refractivity contribution is 5.84. The molecule has 1 aliphatic heterocycles. The fourth-order valence-corrected chi connectivity index (χ4v) is 2.46. The average Bonchev–Trinajstić information content (AvgIpc) is 2.74. The van der Waals surface area contributed by atoms with Crippen molar-refractivity contribution < 1.29 is 9.53 Å². The van der Waals surface area contributed by atoms with Gasteiger partial charge in [-0.2, -0.15) is 0 Å². The van der Waals surface area contributed by atoms with Gasteiger partial charge in [-0.05, 0) is 19.4 Å². The summed E-state index contributed by atoms with van der Waals surface area (Å²) in [5.74, 6) is 0.994. The predicted molar refractivity (Wildman–Crippen MR) is 70.3 cm³/mol. The summed E-state index contributed by atoms with van der Waals surface area (Å²) in [6, 6.07) is 7.75. The lowest BCUT2D eigenvalue weighted by Crippen LogP contribution is -2.30. The van der Waals surface area contributed by atoms with E-state index in [2.05, 4.69) is 5.32 Å². The number of nitrogens with zero attached hydrogens (tertiary/aromatic N) is 1. The number of nitrogens with one attached hydrogen (secondary N) is 1. The minimum Gasteiger partial charge on any atom is -0.496 e. The van der Waals surface area contributed by atoms with Crippen LogP contribution in [0.1, 0.15) is 32.0 Å². The maximum absolute atomic E-state index is 12.2. The molecular weight excluding hydrogens is 228 g/mol. The first-order valence-electron chi connectivity index (χ1n) is 6.42. The van der Waals surface area contributed by atoms with E-state index in [1.54, 1.807) is 7.11 Å². The second kappa shape index (κ2) is 5.40. The monoisotopic (exact) mass is 248 g/mol. The second-order valence-electron chi connectivity index (χ2n) is 4.40. The third-order valence-corrected chi connectivity index (χ3v) is 3.43. The summed E-state index contributed by atoms with van der Waals surface area (Å²) >= 11 is 0. The Morgan fingerprint density at radius 2 is 2.06 bits per heavy atom. The summed E-state index contributed by atoms with van der Waals surface area (Å²) in [4.78, 5) is 14.0. The lowest BCUT2D eigenvalue weighted by Gasteiger charge is -2.24.